The number of sulfonamides is 1. The average molecular weight is 772 g/mol. The van der Waals surface area contributed by atoms with Crippen LogP contribution in [-0.4, -0.2) is 102 Å². The van der Waals surface area contributed by atoms with Gasteiger partial charge in [-0.05, 0) is 68.6 Å². The van der Waals surface area contributed by atoms with E-state index in [0.717, 1.165) is 0 Å². The van der Waals surface area contributed by atoms with E-state index < -0.39 is 80.8 Å². The normalized spacial score (nSPS) is 30.5. The van der Waals surface area contributed by atoms with Crippen molar-refractivity contribution in [1.82, 2.24) is 25.2 Å². The smallest absolute Gasteiger partial charge is 0.405 e. The maximum absolute atomic E-state index is 14.5. The third-order valence-electron chi connectivity index (χ3n) is 11.6. The van der Waals surface area contributed by atoms with Crippen LogP contribution in [0.4, 0.5) is 9.18 Å². The Bertz CT molecular complexity index is 1970. The lowest BCUT2D eigenvalue weighted by molar-refractivity contribution is -0.142. The first-order chi connectivity index (χ1) is 25.8. The number of aromatic nitrogens is 1. The fourth-order valence-corrected chi connectivity index (χ4v) is 9.52. The number of nitrogens with zero attached hydrogens (tertiary/aromatic N) is 2. The van der Waals surface area contributed by atoms with E-state index in [1.165, 1.54) is 4.90 Å². The fraction of sp³-hybridized carbons (Fsp3) is 0.595. The van der Waals surface area contributed by atoms with Crippen molar-refractivity contribution < 1.29 is 51.3 Å². The van der Waals surface area contributed by atoms with Gasteiger partial charge in [0.05, 0.1) is 6.54 Å². The Morgan fingerprint density at radius 1 is 1.15 bits per heavy atom. The molecule has 1 aromatic carbocycles. The van der Waals surface area contributed by atoms with Crippen molar-refractivity contribution in [3.63, 3.8) is 0 Å². The number of alkyl halides is 1. The molecule has 7 atom stereocenters. The molecule has 15 nitrogen and oxygen atoms in total. The molecule has 4 heterocycles. The van der Waals surface area contributed by atoms with Gasteiger partial charge < -0.3 is 34.9 Å². The number of amides is 4. The molecule has 1 saturated heterocycles. The zero-order chi connectivity index (χ0) is 38.4. The van der Waals surface area contributed by atoms with Crippen molar-refractivity contribution in [1.29, 1.82) is 0 Å². The zero-order valence-electron chi connectivity index (χ0n) is 30.2. The molecule has 292 valence electrons. The minimum absolute atomic E-state index is 0.0470. The highest BCUT2D eigenvalue weighted by atomic mass is 32.2. The van der Waals surface area contributed by atoms with Crippen molar-refractivity contribution in [3.05, 3.63) is 36.5 Å². The highest BCUT2D eigenvalue weighted by molar-refractivity contribution is 7.91. The molecule has 2 aliphatic carbocycles. The number of nitrogens with one attached hydrogen (secondary N) is 3. The lowest BCUT2D eigenvalue weighted by atomic mass is 9.85. The monoisotopic (exact) mass is 771 g/mol. The molecule has 0 radical (unpaired) electrons. The summed E-state index contributed by atoms with van der Waals surface area (Å²) >= 11 is 0. The Balaban J connectivity index is 1.22. The van der Waals surface area contributed by atoms with Gasteiger partial charge in [0, 0.05) is 29.3 Å². The second-order valence-electron chi connectivity index (χ2n) is 15.2. The van der Waals surface area contributed by atoms with E-state index in [1.54, 1.807) is 30.5 Å². The number of allylic oxidation sites excluding steroid dienone is 1. The number of rotatable bonds is 8. The Kier molecular flexibility index (Phi) is 10.1. The number of fused-ring (bicyclic) bond motifs is 5. The van der Waals surface area contributed by atoms with E-state index in [1.807, 2.05) is 19.9 Å². The number of hydrogen-bond donors (Lipinski definition) is 4. The molecular formula is C37H46FN5O10S. The van der Waals surface area contributed by atoms with E-state index in [-0.39, 0.29) is 44.0 Å². The minimum atomic E-state index is -4.39. The summed E-state index contributed by atoms with van der Waals surface area (Å²) in [5.41, 5.74) is -1.67. The number of carboxylic acid groups (broad SMARTS) is 1. The third-order valence-corrected chi connectivity index (χ3v) is 13.7. The van der Waals surface area contributed by atoms with Crippen molar-refractivity contribution in [2.45, 2.75) is 93.7 Å². The van der Waals surface area contributed by atoms with Crippen molar-refractivity contribution in [3.8, 4) is 17.4 Å². The van der Waals surface area contributed by atoms with Crippen LogP contribution in [0.15, 0.2) is 36.5 Å². The maximum atomic E-state index is 14.5. The Hall–Kier alpha value is -4.67. The standard InChI is InChI=1S/C37H46FN5O10S/c1-3-22-16-21(2)6-4-5-7-23-18-37(23,34(46)42-54(49,50)36(20-38)11-12-36)41-31(44)27-17-24(19-43(27)33(45)29(22)40-35(47)48)53-32-26-8-9-28-30(52-15-14-51-28)25(26)10-13-39-32/h5,7-10,13,21-24,27,29,40H,3-4,6,11-12,14-20H2,1-2H3,(H,41,44)(H,42,46)(H,47,48)/t21-,22+,23+,24+,27-,29-,37+/m0/s1. The first-order valence-corrected chi connectivity index (χ1v) is 20.0. The summed E-state index contributed by atoms with van der Waals surface area (Å²) in [5, 5.41) is 16.4. The number of halogens is 1. The molecule has 0 bridgehead atoms. The van der Waals surface area contributed by atoms with Crippen LogP contribution in [0, 0.1) is 17.8 Å². The van der Waals surface area contributed by atoms with Crippen LogP contribution < -0.4 is 29.6 Å². The molecule has 54 heavy (non-hydrogen) atoms. The Morgan fingerprint density at radius 2 is 1.93 bits per heavy atom. The number of benzene rings is 1. The molecule has 3 aliphatic heterocycles. The van der Waals surface area contributed by atoms with Crippen LogP contribution in [0.1, 0.15) is 65.2 Å². The summed E-state index contributed by atoms with van der Waals surface area (Å²) in [6.45, 7) is 3.42. The molecule has 17 heteroatoms. The molecule has 4 amide bonds. The quantitative estimate of drug-likeness (QED) is 0.287. The molecule has 0 unspecified atom stereocenters. The van der Waals surface area contributed by atoms with Gasteiger partial charge in [0.1, 0.15) is 48.4 Å². The van der Waals surface area contributed by atoms with Crippen molar-refractivity contribution in [2.75, 3.05) is 26.4 Å². The van der Waals surface area contributed by atoms with E-state index >= 15 is 0 Å². The number of hydrogen-bond acceptors (Lipinski definition) is 10. The van der Waals surface area contributed by atoms with Crippen molar-refractivity contribution in [2.24, 2.45) is 17.8 Å². The summed E-state index contributed by atoms with van der Waals surface area (Å²) in [4.78, 5) is 60.6. The fourth-order valence-electron chi connectivity index (χ4n) is 8.09. The van der Waals surface area contributed by atoms with Crippen LogP contribution >= 0.6 is 0 Å². The van der Waals surface area contributed by atoms with Crippen LogP contribution in [0.5, 0.6) is 17.4 Å². The molecule has 5 aliphatic rings. The van der Waals surface area contributed by atoms with Gasteiger partial charge in [-0.15, -0.1) is 0 Å². The molecular weight excluding hydrogens is 725 g/mol. The van der Waals surface area contributed by atoms with Gasteiger partial charge in [0.2, 0.25) is 27.7 Å². The van der Waals surface area contributed by atoms with E-state index in [2.05, 4.69) is 20.3 Å². The van der Waals surface area contributed by atoms with Crippen LogP contribution in [-0.2, 0) is 24.4 Å². The second kappa shape index (κ2) is 14.5. The number of pyridine rings is 1. The van der Waals surface area contributed by atoms with Gasteiger partial charge >= 0.3 is 6.09 Å². The van der Waals surface area contributed by atoms with Crippen LogP contribution in [0.25, 0.3) is 10.8 Å². The zero-order valence-corrected chi connectivity index (χ0v) is 31.0. The lowest BCUT2D eigenvalue weighted by Gasteiger charge is -2.33. The van der Waals surface area contributed by atoms with Gasteiger partial charge in [-0.1, -0.05) is 32.4 Å². The number of carbonyl (C=O) groups excluding carboxylic acids is 3. The van der Waals surface area contributed by atoms with Gasteiger partial charge in [0.25, 0.3) is 5.91 Å². The highest BCUT2D eigenvalue weighted by Gasteiger charge is 2.64. The maximum Gasteiger partial charge on any atom is 0.405 e. The first kappa shape index (κ1) is 37.6. The predicted octanol–water partition coefficient (Wildman–Crippen LogP) is 3.22. The summed E-state index contributed by atoms with van der Waals surface area (Å²) in [6, 6.07) is 2.88. The first-order valence-electron chi connectivity index (χ1n) is 18.6. The van der Waals surface area contributed by atoms with Crippen LogP contribution in [0.2, 0.25) is 0 Å². The summed E-state index contributed by atoms with van der Waals surface area (Å²) in [5.74, 6) is -1.85. The molecule has 2 saturated carbocycles. The summed E-state index contributed by atoms with van der Waals surface area (Å²) in [6.07, 6.45) is 5.56. The van der Waals surface area contributed by atoms with Gasteiger partial charge in [-0.2, -0.15) is 0 Å². The van der Waals surface area contributed by atoms with E-state index in [4.69, 9.17) is 14.2 Å². The SMILES string of the molecule is CC[C@@H]1C[C@@H](C)CCC=C[C@@H]2C[C@@]2(C(=O)NS(=O)(=O)C2(CF)CC2)NC(=O)[C@@H]2C[C@@H](Oc3nccc4c5c(ccc34)OCCO5)CN2C(=O)[C@H]1NC(=O)O. The van der Waals surface area contributed by atoms with Gasteiger partial charge in [0.15, 0.2) is 11.5 Å². The molecule has 3 fully saturated rings. The average Bonchev–Trinajstić information content (AvgIpc) is 4.05. The molecule has 4 N–H and O–H groups in total. The van der Waals surface area contributed by atoms with Gasteiger partial charge in [-0.25, -0.2) is 22.6 Å². The molecule has 2 aromatic rings. The highest BCUT2D eigenvalue weighted by Crippen LogP contribution is 2.48. The summed E-state index contributed by atoms with van der Waals surface area (Å²) in [7, 11) is -4.39. The van der Waals surface area contributed by atoms with Crippen molar-refractivity contribution >= 4 is 44.6 Å². The predicted molar refractivity (Wildman–Crippen MR) is 192 cm³/mol. The van der Waals surface area contributed by atoms with E-state index in [9.17, 15) is 37.1 Å². The van der Waals surface area contributed by atoms with E-state index in [0.29, 0.717) is 61.2 Å². The lowest BCUT2D eigenvalue weighted by Crippen LogP contribution is -2.59. The topological polar surface area (TPSA) is 203 Å². The van der Waals surface area contributed by atoms with Crippen LogP contribution in [0.3, 0.4) is 0 Å². The Labute approximate surface area is 312 Å². The minimum Gasteiger partial charge on any atom is -0.486 e. The Morgan fingerprint density at radius 3 is 2.65 bits per heavy atom. The third kappa shape index (κ3) is 7.02. The van der Waals surface area contributed by atoms with Gasteiger partial charge in [-0.3, -0.25) is 19.1 Å². The second-order valence-corrected chi connectivity index (χ2v) is 17.3. The molecule has 7 rings (SSSR count). The summed E-state index contributed by atoms with van der Waals surface area (Å²) < 4.78 is 58.5. The number of ether oxygens (including phenoxy) is 3. The number of carbonyl (C=O) groups is 4. The molecule has 1 aromatic heterocycles. The largest absolute Gasteiger partial charge is 0.486 e. The molecule has 0 spiro atoms.